The lowest BCUT2D eigenvalue weighted by atomic mass is 10.0. The Kier molecular flexibility index (Phi) is 6.32. The maximum Gasteiger partial charge on any atom is 0.269 e. The van der Waals surface area contributed by atoms with Crippen LogP contribution in [0.1, 0.15) is 21.6 Å². The first-order valence-electron chi connectivity index (χ1n) is 10.4. The largest absolute Gasteiger partial charge is 0.369 e. The van der Waals surface area contributed by atoms with Crippen LogP contribution in [-0.2, 0) is 6.42 Å². The van der Waals surface area contributed by atoms with Crippen molar-refractivity contribution in [1.29, 1.82) is 0 Å². The van der Waals surface area contributed by atoms with Crippen molar-refractivity contribution in [3.8, 4) is 0 Å². The maximum atomic E-state index is 13.5. The van der Waals surface area contributed by atoms with Gasteiger partial charge in [0.05, 0.1) is 5.69 Å². The number of nitrogens with zero attached hydrogens (tertiary/aromatic N) is 3. The molecule has 0 unspecified atom stereocenters. The fourth-order valence-electron chi connectivity index (χ4n) is 3.76. The highest BCUT2D eigenvalue weighted by Gasteiger charge is 2.15. The molecule has 1 amide bonds. The molecule has 166 valence electrons. The molecule has 0 bridgehead atoms. The van der Waals surface area contributed by atoms with Crippen LogP contribution in [0.3, 0.4) is 0 Å². The average Bonchev–Trinajstić information content (AvgIpc) is 2.77. The van der Waals surface area contributed by atoms with Gasteiger partial charge in [-0.1, -0.05) is 6.07 Å². The van der Waals surface area contributed by atoms with E-state index in [2.05, 4.69) is 27.1 Å². The molecule has 0 aliphatic carbocycles. The molecule has 2 aromatic carbocycles. The van der Waals surface area contributed by atoms with Crippen molar-refractivity contribution < 1.29 is 13.6 Å². The normalized spacial score (nSPS) is 14.4. The molecular formula is C24H25F2N5O. The molecule has 32 heavy (non-hydrogen) atoms. The Bertz CT molecular complexity index is 1110. The topological polar surface area (TPSA) is 74.5 Å². The Labute approximate surface area is 185 Å². The molecule has 1 aliphatic rings. The summed E-state index contributed by atoms with van der Waals surface area (Å²) >= 11 is 0. The zero-order valence-electron chi connectivity index (χ0n) is 17.8. The Hall–Kier alpha value is -3.52. The minimum Gasteiger partial charge on any atom is -0.369 e. The second-order valence-corrected chi connectivity index (χ2v) is 7.99. The van der Waals surface area contributed by atoms with Crippen LogP contribution in [-0.4, -0.2) is 49.0 Å². The number of likely N-dealkylation sites (N-methyl/N-ethyl adjacent to an activating group) is 1. The first-order valence-corrected chi connectivity index (χ1v) is 10.4. The van der Waals surface area contributed by atoms with E-state index >= 15 is 0 Å². The molecular weight excluding hydrogens is 412 g/mol. The third-order valence-corrected chi connectivity index (χ3v) is 5.58. The monoisotopic (exact) mass is 437 g/mol. The van der Waals surface area contributed by atoms with Gasteiger partial charge in [0, 0.05) is 43.8 Å². The number of halogens is 2. The van der Waals surface area contributed by atoms with Gasteiger partial charge in [-0.05, 0) is 67.1 Å². The van der Waals surface area contributed by atoms with Gasteiger partial charge in [-0.3, -0.25) is 4.79 Å². The van der Waals surface area contributed by atoms with Gasteiger partial charge in [-0.15, -0.1) is 0 Å². The van der Waals surface area contributed by atoms with Gasteiger partial charge in [0.15, 0.2) is 17.3 Å². The Morgan fingerprint density at radius 2 is 1.72 bits per heavy atom. The van der Waals surface area contributed by atoms with Gasteiger partial charge in [-0.2, -0.15) is 0 Å². The van der Waals surface area contributed by atoms with Crippen LogP contribution in [0.15, 0.2) is 54.7 Å². The fourth-order valence-corrected chi connectivity index (χ4v) is 3.76. The minimum absolute atomic E-state index is 0.113. The Morgan fingerprint density at radius 3 is 2.38 bits per heavy atom. The minimum atomic E-state index is -0.900. The molecule has 4 rings (SSSR count). The van der Waals surface area contributed by atoms with Crippen molar-refractivity contribution in [2.24, 2.45) is 5.73 Å². The van der Waals surface area contributed by atoms with E-state index in [0.29, 0.717) is 17.7 Å². The molecule has 1 aromatic heterocycles. The number of carbonyl (C=O) groups is 1. The number of hydrogen-bond donors (Lipinski definition) is 2. The first-order chi connectivity index (χ1) is 15.4. The summed E-state index contributed by atoms with van der Waals surface area (Å²) in [6.07, 6.45) is 1.85. The van der Waals surface area contributed by atoms with E-state index in [-0.39, 0.29) is 5.69 Å². The first kappa shape index (κ1) is 21.7. The van der Waals surface area contributed by atoms with Crippen LogP contribution in [0.5, 0.6) is 0 Å². The molecule has 1 aliphatic heterocycles. The summed E-state index contributed by atoms with van der Waals surface area (Å²) < 4.78 is 26.7. The summed E-state index contributed by atoms with van der Waals surface area (Å²) in [7, 11) is 2.12. The van der Waals surface area contributed by atoms with E-state index in [1.54, 1.807) is 6.07 Å². The van der Waals surface area contributed by atoms with Crippen molar-refractivity contribution in [2.45, 2.75) is 6.42 Å². The van der Waals surface area contributed by atoms with E-state index in [0.717, 1.165) is 55.2 Å². The molecule has 2 heterocycles. The van der Waals surface area contributed by atoms with Gasteiger partial charge in [-0.25, -0.2) is 13.8 Å². The molecule has 1 fully saturated rings. The third-order valence-electron chi connectivity index (χ3n) is 5.58. The van der Waals surface area contributed by atoms with Crippen molar-refractivity contribution >= 4 is 23.0 Å². The summed E-state index contributed by atoms with van der Waals surface area (Å²) in [4.78, 5) is 20.7. The van der Waals surface area contributed by atoms with Gasteiger partial charge in [0.1, 0.15) is 0 Å². The van der Waals surface area contributed by atoms with Crippen molar-refractivity contribution in [1.82, 2.24) is 9.88 Å². The highest BCUT2D eigenvalue weighted by Crippen LogP contribution is 2.25. The molecule has 0 saturated carbocycles. The molecule has 3 N–H and O–H groups in total. The number of piperazine rings is 1. The Morgan fingerprint density at radius 1 is 1.00 bits per heavy atom. The summed E-state index contributed by atoms with van der Waals surface area (Å²) in [6.45, 7) is 4.01. The zero-order valence-corrected chi connectivity index (χ0v) is 17.8. The van der Waals surface area contributed by atoms with Crippen LogP contribution in [0.2, 0.25) is 0 Å². The molecule has 6 nitrogen and oxygen atoms in total. The van der Waals surface area contributed by atoms with Crippen molar-refractivity contribution in [3.05, 3.63) is 83.2 Å². The molecule has 3 aromatic rings. The van der Waals surface area contributed by atoms with E-state index in [1.807, 2.05) is 24.3 Å². The van der Waals surface area contributed by atoms with Gasteiger partial charge < -0.3 is 20.9 Å². The third kappa shape index (κ3) is 5.03. The van der Waals surface area contributed by atoms with E-state index in [4.69, 9.17) is 5.73 Å². The van der Waals surface area contributed by atoms with E-state index in [9.17, 15) is 13.6 Å². The molecule has 8 heteroatoms. The number of anilines is 3. The van der Waals surface area contributed by atoms with Crippen LogP contribution < -0.4 is 16.0 Å². The Balaban J connectivity index is 1.53. The number of primary amides is 1. The predicted octanol–water partition coefficient (Wildman–Crippen LogP) is 3.54. The number of amides is 1. The highest BCUT2D eigenvalue weighted by atomic mass is 19.2. The quantitative estimate of drug-likeness (QED) is 0.617. The van der Waals surface area contributed by atoms with Crippen molar-refractivity contribution in [2.75, 3.05) is 43.4 Å². The second-order valence-electron chi connectivity index (χ2n) is 7.99. The summed E-state index contributed by atoms with van der Waals surface area (Å²) in [5, 5.41) is 3.21. The number of aromatic nitrogens is 1. The van der Waals surface area contributed by atoms with Crippen LogP contribution in [0.4, 0.5) is 25.8 Å². The van der Waals surface area contributed by atoms with E-state index < -0.39 is 17.5 Å². The number of hydrogen-bond acceptors (Lipinski definition) is 5. The smallest absolute Gasteiger partial charge is 0.269 e. The maximum absolute atomic E-state index is 13.5. The number of benzene rings is 2. The van der Waals surface area contributed by atoms with Crippen molar-refractivity contribution in [3.63, 3.8) is 0 Å². The predicted molar refractivity (Wildman–Crippen MR) is 121 cm³/mol. The SMILES string of the molecule is CN1CCN(c2ccc(Nc3cc(Cc4ccc(F)c(F)c4)cnc3C(N)=O)cc2)CC1. The second kappa shape index (κ2) is 9.32. The van der Waals surface area contributed by atoms with Crippen LogP contribution in [0.25, 0.3) is 0 Å². The van der Waals surface area contributed by atoms with Crippen LogP contribution in [0, 0.1) is 11.6 Å². The van der Waals surface area contributed by atoms with Gasteiger partial charge in [0.25, 0.3) is 5.91 Å². The lowest BCUT2D eigenvalue weighted by Crippen LogP contribution is -2.44. The summed E-state index contributed by atoms with van der Waals surface area (Å²) in [5.74, 6) is -2.44. The number of rotatable bonds is 6. The van der Waals surface area contributed by atoms with Gasteiger partial charge in [0.2, 0.25) is 0 Å². The lowest BCUT2D eigenvalue weighted by molar-refractivity contribution is 0.0996. The average molecular weight is 437 g/mol. The lowest BCUT2D eigenvalue weighted by Gasteiger charge is -2.34. The molecule has 0 atom stereocenters. The van der Waals surface area contributed by atoms with Crippen LogP contribution >= 0.6 is 0 Å². The summed E-state index contributed by atoms with van der Waals surface area (Å²) in [5.41, 5.74) is 9.34. The highest BCUT2D eigenvalue weighted by molar-refractivity contribution is 5.97. The number of pyridine rings is 1. The number of nitrogens with one attached hydrogen (secondary N) is 1. The number of nitrogens with two attached hydrogens (primary N) is 1. The number of carbonyl (C=O) groups excluding carboxylic acids is 1. The summed E-state index contributed by atoms with van der Waals surface area (Å²) in [6, 6.07) is 13.5. The van der Waals surface area contributed by atoms with E-state index in [1.165, 1.54) is 12.3 Å². The fraction of sp³-hybridized carbons (Fsp3) is 0.250. The molecule has 0 radical (unpaired) electrons. The molecule has 1 saturated heterocycles. The standard InChI is InChI=1S/C24H25F2N5O/c1-30-8-10-31(11-9-30)19-5-3-18(4-6-19)29-22-14-17(15-28-23(22)24(27)32)12-16-2-7-20(25)21(26)13-16/h2-7,13-15,29H,8-12H2,1H3,(H2,27,32). The molecule has 0 spiro atoms. The van der Waals surface area contributed by atoms with Gasteiger partial charge >= 0.3 is 0 Å². The zero-order chi connectivity index (χ0) is 22.7.